The van der Waals surface area contributed by atoms with Crippen LogP contribution < -0.4 is 21.7 Å². The SMILES string of the molecule is NCCCCCCNC(=O)OCc1c2ccccc2cc2ccccc12.O=C(CCC(CCCO)(CCCO)CCCO)NCCCCCCNC(=O)OCc1c2ccccc2cc2ccccc12.O=C(O)CCC(CCCO)(CCCO)CCCO. The third kappa shape index (κ3) is 27.2. The summed E-state index contributed by atoms with van der Waals surface area (Å²) in [7, 11) is 0. The second kappa shape index (κ2) is 43.2. The first-order valence-corrected chi connectivity index (χ1v) is 31.8. The van der Waals surface area contributed by atoms with Crippen LogP contribution >= 0.6 is 0 Å². The molecule has 0 atom stereocenters. The lowest BCUT2D eigenvalue weighted by molar-refractivity contribution is -0.137. The number of nitrogens with one attached hydrogen (secondary N) is 3. The molecular weight excluding hydrogens is 1100 g/mol. The van der Waals surface area contributed by atoms with E-state index in [9.17, 15) is 34.5 Å². The average molecular weight is 1210 g/mol. The molecule has 0 radical (unpaired) electrons. The molecule has 480 valence electrons. The lowest BCUT2D eigenvalue weighted by atomic mass is 9.72. The van der Waals surface area contributed by atoms with Crippen LogP contribution in [0.15, 0.2) is 109 Å². The largest absolute Gasteiger partial charge is 0.481 e. The maximum absolute atomic E-state index is 12.5. The van der Waals surface area contributed by atoms with E-state index in [2.05, 4.69) is 76.6 Å². The van der Waals surface area contributed by atoms with E-state index in [1.54, 1.807) is 0 Å². The lowest BCUT2D eigenvalue weighted by Crippen LogP contribution is -2.29. The minimum atomic E-state index is -0.823. The van der Waals surface area contributed by atoms with Crippen molar-refractivity contribution in [1.82, 2.24) is 16.0 Å². The number of carbonyl (C=O) groups excluding carboxylic acids is 3. The van der Waals surface area contributed by atoms with Crippen LogP contribution in [0.1, 0.15) is 165 Å². The van der Waals surface area contributed by atoms with E-state index >= 15 is 0 Å². The Morgan fingerprint density at radius 3 is 0.989 bits per heavy atom. The number of rotatable bonds is 41. The standard InChI is InChI=1S/C35H50N2O6.C22H26N2O2.C13H26O5/c38-23-9-17-35(18-10-24-39,19-11-25-40)20-16-33(41)36-21-7-1-2-8-22-37-34(42)43-27-32-30-14-5-3-12-28(30)26-29-13-4-6-15-31(29)32;23-13-7-1-2-8-14-24-22(25)26-16-21-19-11-5-3-9-17(19)15-18-10-4-6-12-20(18)21;14-9-1-5-13(6-2-10-15,7-3-11-16)8-4-12(17)18/h3-6,12-15,26,38-40H,1-2,7-11,16-25,27H2,(H,36,41)(H,37,42);3-6,9-12,15H,1-2,7-8,13-14,16,23H2,(H,24,25);14-16H,1-11H2,(H,17,18). The number of carbonyl (C=O) groups is 4. The number of nitrogens with two attached hydrogens (primary N) is 1. The molecule has 0 bridgehead atoms. The average Bonchev–Trinajstić information content (AvgIpc) is 1.20. The Bertz CT molecular complexity index is 2750. The molecule has 0 saturated heterocycles. The topological polar surface area (TPSA) is 290 Å². The molecule has 6 rings (SSSR count). The third-order valence-corrected chi connectivity index (χ3v) is 16.5. The smallest absolute Gasteiger partial charge is 0.407 e. The van der Waals surface area contributed by atoms with Crippen molar-refractivity contribution >= 4 is 67.2 Å². The Balaban J connectivity index is 0.000000311. The van der Waals surface area contributed by atoms with Gasteiger partial charge in [0.25, 0.3) is 0 Å². The van der Waals surface area contributed by atoms with Crippen molar-refractivity contribution in [3.63, 3.8) is 0 Å². The summed E-state index contributed by atoms with van der Waals surface area (Å²) < 4.78 is 11.1. The molecule has 0 saturated carbocycles. The van der Waals surface area contributed by atoms with Crippen LogP contribution in [0.2, 0.25) is 0 Å². The van der Waals surface area contributed by atoms with Crippen LogP contribution in [-0.2, 0) is 32.3 Å². The molecule has 0 aliphatic carbocycles. The maximum Gasteiger partial charge on any atom is 0.407 e. The van der Waals surface area contributed by atoms with E-state index in [-0.39, 0.29) is 82.1 Å². The molecule has 3 amide bonds. The summed E-state index contributed by atoms with van der Waals surface area (Å²) in [4.78, 5) is 47.6. The van der Waals surface area contributed by atoms with Crippen LogP contribution in [-0.4, -0.2) is 126 Å². The lowest BCUT2D eigenvalue weighted by Gasteiger charge is -2.34. The second-order valence-electron chi connectivity index (χ2n) is 22.9. The molecule has 6 aromatic carbocycles. The number of alkyl carbamates (subject to hydrolysis) is 2. The summed E-state index contributed by atoms with van der Waals surface area (Å²) in [5, 5.41) is 81.3. The molecule has 0 unspecified atom stereocenters. The van der Waals surface area contributed by atoms with Crippen LogP contribution in [0.3, 0.4) is 0 Å². The van der Waals surface area contributed by atoms with Crippen molar-refractivity contribution in [3.05, 3.63) is 120 Å². The number of hydrogen-bond acceptors (Lipinski definition) is 13. The molecular formula is C70H102N4O13. The number of carboxylic acids is 1. The van der Waals surface area contributed by atoms with Gasteiger partial charge in [-0.1, -0.05) is 123 Å². The summed E-state index contributed by atoms with van der Waals surface area (Å²) in [6.45, 7) is 3.58. The zero-order chi connectivity index (χ0) is 62.8. The van der Waals surface area contributed by atoms with E-state index < -0.39 is 12.1 Å². The highest BCUT2D eigenvalue weighted by molar-refractivity contribution is 6.03. The van der Waals surface area contributed by atoms with Crippen LogP contribution in [0.4, 0.5) is 9.59 Å². The van der Waals surface area contributed by atoms with Crippen molar-refractivity contribution in [3.8, 4) is 0 Å². The number of aliphatic hydroxyl groups excluding tert-OH is 6. The Labute approximate surface area is 515 Å². The van der Waals surface area contributed by atoms with E-state index in [4.69, 9.17) is 35.6 Å². The van der Waals surface area contributed by atoms with E-state index in [0.29, 0.717) is 77.4 Å². The maximum atomic E-state index is 12.5. The second-order valence-corrected chi connectivity index (χ2v) is 22.9. The minimum absolute atomic E-state index is 0.0183. The van der Waals surface area contributed by atoms with Gasteiger partial charge in [0.2, 0.25) is 5.91 Å². The zero-order valence-electron chi connectivity index (χ0n) is 51.5. The minimum Gasteiger partial charge on any atom is -0.481 e. The van der Waals surface area contributed by atoms with Crippen molar-refractivity contribution in [2.45, 2.75) is 167 Å². The Morgan fingerprint density at radius 1 is 0.379 bits per heavy atom. The number of ether oxygens (including phenoxy) is 2. The first-order valence-electron chi connectivity index (χ1n) is 31.8. The first kappa shape index (κ1) is 73.0. The quantitative estimate of drug-likeness (QED) is 0.0126. The molecule has 0 aliphatic rings. The van der Waals surface area contributed by atoms with E-state index in [1.807, 2.05) is 48.5 Å². The Hall–Kier alpha value is -6.44. The van der Waals surface area contributed by atoms with Crippen LogP contribution in [0.25, 0.3) is 43.1 Å². The Morgan fingerprint density at radius 2 is 0.678 bits per heavy atom. The number of benzene rings is 6. The summed E-state index contributed by atoms with van der Waals surface area (Å²) >= 11 is 0. The van der Waals surface area contributed by atoms with Gasteiger partial charge in [-0.3, -0.25) is 9.59 Å². The number of aliphatic hydroxyl groups is 6. The van der Waals surface area contributed by atoms with Gasteiger partial charge in [0.15, 0.2) is 0 Å². The summed E-state index contributed by atoms with van der Waals surface area (Å²) in [5.74, 6) is -0.805. The summed E-state index contributed by atoms with van der Waals surface area (Å²) in [6.07, 6.45) is 17.2. The van der Waals surface area contributed by atoms with Crippen LogP contribution in [0, 0.1) is 10.8 Å². The molecule has 0 fully saturated rings. The highest BCUT2D eigenvalue weighted by Gasteiger charge is 2.30. The Kier molecular flexibility index (Phi) is 36.3. The van der Waals surface area contributed by atoms with Crippen molar-refractivity contribution < 1.29 is 64.4 Å². The van der Waals surface area contributed by atoms with Crippen molar-refractivity contribution in [2.24, 2.45) is 16.6 Å². The highest BCUT2D eigenvalue weighted by atomic mass is 16.6. The predicted molar refractivity (Wildman–Crippen MR) is 347 cm³/mol. The number of aliphatic carboxylic acids is 1. The fourth-order valence-electron chi connectivity index (χ4n) is 11.8. The summed E-state index contributed by atoms with van der Waals surface area (Å²) in [5.41, 5.74) is 7.23. The normalized spacial score (nSPS) is 11.4. The van der Waals surface area contributed by atoms with Gasteiger partial charge in [0.05, 0.1) is 0 Å². The number of carboxylic acid groups (broad SMARTS) is 1. The molecule has 17 heteroatoms. The van der Waals surface area contributed by atoms with Crippen LogP contribution in [0.5, 0.6) is 0 Å². The van der Waals surface area contributed by atoms with Gasteiger partial charge >= 0.3 is 18.2 Å². The van der Waals surface area contributed by atoms with Gasteiger partial charge in [0.1, 0.15) is 13.2 Å². The van der Waals surface area contributed by atoms with Gasteiger partial charge in [-0.25, -0.2) is 9.59 Å². The van der Waals surface area contributed by atoms with E-state index in [0.717, 1.165) is 151 Å². The number of unbranched alkanes of at least 4 members (excludes halogenated alkanes) is 6. The molecule has 0 aromatic heterocycles. The van der Waals surface area contributed by atoms with Gasteiger partial charge < -0.3 is 66.9 Å². The fourth-order valence-corrected chi connectivity index (χ4v) is 11.8. The molecule has 17 nitrogen and oxygen atoms in total. The summed E-state index contributed by atoms with van der Waals surface area (Å²) in [6, 6.07) is 37.1. The first-order chi connectivity index (χ1) is 42.4. The number of hydrogen-bond donors (Lipinski definition) is 11. The van der Waals surface area contributed by atoms with Gasteiger partial charge in [0, 0.05) is 83.2 Å². The molecule has 0 spiro atoms. The zero-order valence-corrected chi connectivity index (χ0v) is 51.5. The fraction of sp³-hybridized carbons (Fsp3) is 0.543. The van der Waals surface area contributed by atoms with Crippen molar-refractivity contribution in [1.29, 1.82) is 0 Å². The van der Waals surface area contributed by atoms with Gasteiger partial charge in [-0.2, -0.15) is 0 Å². The molecule has 6 aromatic rings. The van der Waals surface area contributed by atoms with E-state index in [1.165, 1.54) is 0 Å². The van der Waals surface area contributed by atoms with Gasteiger partial charge in [-0.05, 0) is 188 Å². The number of fused-ring (bicyclic) bond motifs is 4. The van der Waals surface area contributed by atoms with Crippen molar-refractivity contribution in [2.75, 3.05) is 65.8 Å². The molecule has 0 aliphatic heterocycles. The molecule has 12 N–H and O–H groups in total. The van der Waals surface area contributed by atoms with Gasteiger partial charge in [-0.15, -0.1) is 0 Å². The monoisotopic (exact) mass is 1210 g/mol. The number of amides is 3. The molecule has 87 heavy (non-hydrogen) atoms. The highest BCUT2D eigenvalue weighted by Crippen LogP contribution is 2.41. The predicted octanol–water partition coefficient (Wildman–Crippen LogP) is 11.9. The molecule has 0 heterocycles. The third-order valence-electron chi connectivity index (χ3n) is 16.5.